The molecule has 0 radical (unpaired) electrons. The van der Waals surface area contributed by atoms with E-state index in [-0.39, 0.29) is 17.2 Å². The van der Waals surface area contributed by atoms with Crippen molar-refractivity contribution < 1.29 is 9.59 Å². The van der Waals surface area contributed by atoms with E-state index in [1.54, 1.807) is 47.0 Å². The Morgan fingerprint density at radius 3 is 2.45 bits per heavy atom. The summed E-state index contributed by atoms with van der Waals surface area (Å²) in [6, 6.07) is 11.8. The van der Waals surface area contributed by atoms with Gasteiger partial charge in [-0.1, -0.05) is 12.8 Å². The first-order valence-corrected chi connectivity index (χ1v) is 9.99. The Bertz CT molecular complexity index is 1150. The van der Waals surface area contributed by atoms with Gasteiger partial charge >= 0.3 is 0 Å². The highest BCUT2D eigenvalue weighted by atomic mass is 16.2. The highest BCUT2D eigenvalue weighted by molar-refractivity contribution is 6.06. The second kappa shape index (κ2) is 7.99. The van der Waals surface area contributed by atoms with Crippen LogP contribution in [0.4, 0.5) is 5.69 Å². The number of aryl methyl sites for hydroxylation is 1. The number of nitrogens with zero attached hydrogens (tertiary/aromatic N) is 2. The summed E-state index contributed by atoms with van der Waals surface area (Å²) in [5.41, 5.74) is 2.16. The third-order valence-corrected chi connectivity index (χ3v) is 5.38. The number of benzene rings is 2. The monoisotopic (exact) mass is 389 g/mol. The summed E-state index contributed by atoms with van der Waals surface area (Å²) < 4.78 is 1.79. The molecule has 0 bridgehead atoms. The van der Waals surface area contributed by atoms with Gasteiger partial charge in [0.25, 0.3) is 11.5 Å². The molecular weight excluding hydrogens is 366 g/mol. The molecule has 0 spiro atoms. The van der Waals surface area contributed by atoms with Crippen LogP contribution in [0, 0.1) is 0 Å². The van der Waals surface area contributed by atoms with Crippen LogP contribution in [0.2, 0.25) is 0 Å². The van der Waals surface area contributed by atoms with Gasteiger partial charge in [0.2, 0.25) is 0 Å². The van der Waals surface area contributed by atoms with Gasteiger partial charge < -0.3 is 5.32 Å². The number of hydrogen-bond donors (Lipinski definition) is 1. The van der Waals surface area contributed by atoms with Crippen molar-refractivity contribution in [3.63, 3.8) is 0 Å². The van der Waals surface area contributed by atoms with E-state index in [1.807, 2.05) is 0 Å². The molecular formula is C23H23N3O3. The summed E-state index contributed by atoms with van der Waals surface area (Å²) in [5.74, 6) is 0.500. The molecule has 6 heteroatoms. The van der Waals surface area contributed by atoms with Crippen LogP contribution in [0.5, 0.6) is 0 Å². The zero-order chi connectivity index (χ0) is 20.4. The minimum Gasteiger partial charge on any atom is -0.322 e. The van der Waals surface area contributed by atoms with Crippen molar-refractivity contribution in [3.05, 3.63) is 69.8 Å². The fourth-order valence-electron chi connectivity index (χ4n) is 3.73. The van der Waals surface area contributed by atoms with Gasteiger partial charge in [0.1, 0.15) is 5.82 Å². The highest BCUT2D eigenvalue weighted by Crippen LogP contribution is 2.18. The van der Waals surface area contributed by atoms with Gasteiger partial charge in [-0.2, -0.15) is 0 Å². The molecule has 1 amide bonds. The van der Waals surface area contributed by atoms with Crippen LogP contribution in [0.25, 0.3) is 10.9 Å². The van der Waals surface area contributed by atoms with Gasteiger partial charge in [-0.25, -0.2) is 4.98 Å². The van der Waals surface area contributed by atoms with Crippen LogP contribution in [-0.2, 0) is 13.0 Å². The molecule has 1 aliphatic rings. The van der Waals surface area contributed by atoms with Crippen LogP contribution in [-0.4, -0.2) is 21.2 Å². The molecule has 148 valence electrons. The van der Waals surface area contributed by atoms with Crippen molar-refractivity contribution >= 4 is 28.3 Å². The molecule has 0 saturated heterocycles. The van der Waals surface area contributed by atoms with Crippen molar-refractivity contribution in [1.82, 2.24) is 9.55 Å². The standard InChI is InChI=1S/C23H23N3O3/c1-15(27)16-7-10-18(11-8-16)24-22(28)17-9-12-19-20(14-17)25-21-6-4-2-3-5-13-26(21)23(19)29/h7-12,14H,2-6,13H2,1H3,(H,24,28). The molecule has 0 unspecified atom stereocenters. The quantitative estimate of drug-likeness (QED) is 0.688. The second-order valence-corrected chi connectivity index (χ2v) is 7.47. The maximum absolute atomic E-state index is 12.9. The van der Waals surface area contributed by atoms with Gasteiger partial charge in [0.05, 0.1) is 10.9 Å². The molecule has 1 N–H and O–H groups in total. The number of rotatable bonds is 3. The minimum atomic E-state index is -0.281. The molecule has 2 aromatic carbocycles. The molecule has 2 heterocycles. The van der Waals surface area contributed by atoms with Gasteiger partial charge in [-0.05, 0) is 62.2 Å². The lowest BCUT2D eigenvalue weighted by Gasteiger charge is -2.16. The number of amides is 1. The first-order chi connectivity index (χ1) is 14.0. The highest BCUT2D eigenvalue weighted by Gasteiger charge is 2.15. The van der Waals surface area contributed by atoms with E-state index < -0.39 is 0 Å². The van der Waals surface area contributed by atoms with Gasteiger partial charge in [0, 0.05) is 29.8 Å². The average molecular weight is 389 g/mol. The summed E-state index contributed by atoms with van der Waals surface area (Å²) >= 11 is 0. The van der Waals surface area contributed by atoms with E-state index in [2.05, 4.69) is 5.32 Å². The van der Waals surface area contributed by atoms with Crippen LogP contribution >= 0.6 is 0 Å². The number of nitrogens with one attached hydrogen (secondary N) is 1. The number of carbonyl (C=O) groups is 2. The summed E-state index contributed by atoms with van der Waals surface area (Å²) in [5, 5.41) is 3.36. The SMILES string of the molecule is CC(=O)c1ccc(NC(=O)c2ccc3c(=O)n4c(nc3c2)CCCCCC4)cc1. The normalized spacial score (nSPS) is 14.0. The molecule has 1 aliphatic heterocycles. The Morgan fingerprint density at radius 2 is 1.69 bits per heavy atom. The lowest BCUT2D eigenvalue weighted by molar-refractivity contribution is 0.101. The number of ketones is 1. The zero-order valence-electron chi connectivity index (χ0n) is 16.4. The number of hydrogen-bond acceptors (Lipinski definition) is 4. The minimum absolute atomic E-state index is 0.0235. The van der Waals surface area contributed by atoms with Crippen LogP contribution < -0.4 is 10.9 Å². The fourth-order valence-corrected chi connectivity index (χ4v) is 3.73. The number of anilines is 1. The lowest BCUT2D eigenvalue weighted by atomic mass is 10.1. The number of Topliss-reactive ketones (excluding diaryl/α,β-unsaturated/α-hetero) is 1. The van der Waals surface area contributed by atoms with Gasteiger partial charge in [-0.15, -0.1) is 0 Å². The average Bonchev–Trinajstić information content (AvgIpc) is 2.69. The van der Waals surface area contributed by atoms with Crippen LogP contribution in [0.1, 0.15) is 59.1 Å². The smallest absolute Gasteiger partial charge is 0.261 e. The maximum atomic E-state index is 12.9. The summed E-state index contributed by atoms with van der Waals surface area (Å²) in [6.45, 7) is 2.20. The molecule has 0 atom stereocenters. The topological polar surface area (TPSA) is 81.1 Å². The van der Waals surface area contributed by atoms with Crippen molar-refractivity contribution in [2.45, 2.75) is 45.6 Å². The van der Waals surface area contributed by atoms with Crippen molar-refractivity contribution in [3.8, 4) is 0 Å². The van der Waals surface area contributed by atoms with Gasteiger partial charge in [0.15, 0.2) is 5.78 Å². The van der Waals surface area contributed by atoms with Crippen molar-refractivity contribution in [2.75, 3.05) is 5.32 Å². The Hall–Kier alpha value is -3.28. The Labute approximate surface area is 168 Å². The predicted octanol–water partition coefficient (Wildman–Crippen LogP) is 3.97. The molecule has 0 fully saturated rings. The summed E-state index contributed by atoms with van der Waals surface area (Å²) in [7, 11) is 0. The van der Waals surface area contributed by atoms with E-state index in [4.69, 9.17) is 4.98 Å². The molecule has 3 aromatic rings. The fraction of sp³-hybridized carbons (Fsp3) is 0.304. The van der Waals surface area contributed by atoms with Crippen molar-refractivity contribution in [1.29, 1.82) is 0 Å². The zero-order valence-corrected chi connectivity index (χ0v) is 16.4. The van der Waals surface area contributed by atoms with Crippen LogP contribution in [0.15, 0.2) is 47.3 Å². The molecule has 6 nitrogen and oxygen atoms in total. The number of aromatic nitrogens is 2. The molecule has 29 heavy (non-hydrogen) atoms. The molecule has 0 aliphatic carbocycles. The Morgan fingerprint density at radius 1 is 0.966 bits per heavy atom. The summed E-state index contributed by atoms with van der Waals surface area (Å²) in [6.07, 6.45) is 5.08. The van der Waals surface area contributed by atoms with Crippen molar-refractivity contribution in [2.24, 2.45) is 0 Å². The predicted molar refractivity (Wildman–Crippen MR) is 113 cm³/mol. The Kier molecular flexibility index (Phi) is 5.25. The molecule has 0 saturated carbocycles. The third kappa shape index (κ3) is 3.97. The largest absolute Gasteiger partial charge is 0.322 e. The maximum Gasteiger partial charge on any atom is 0.261 e. The first kappa shape index (κ1) is 19.1. The number of fused-ring (bicyclic) bond motifs is 2. The van der Waals surface area contributed by atoms with E-state index in [0.29, 0.717) is 34.3 Å². The van der Waals surface area contributed by atoms with E-state index >= 15 is 0 Å². The van der Waals surface area contributed by atoms with Gasteiger partial charge in [-0.3, -0.25) is 19.0 Å². The first-order valence-electron chi connectivity index (χ1n) is 9.99. The second-order valence-electron chi connectivity index (χ2n) is 7.47. The Balaban J connectivity index is 1.64. The van der Waals surface area contributed by atoms with E-state index in [9.17, 15) is 14.4 Å². The van der Waals surface area contributed by atoms with Crippen LogP contribution in [0.3, 0.4) is 0 Å². The molecule has 1 aromatic heterocycles. The molecule has 4 rings (SSSR count). The summed E-state index contributed by atoms with van der Waals surface area (Å²) in [4.78, 5) is 41.6. The third-order valence-electron chi connectivity index (χ3n) is 5.38. The van der Waals surface area contributed by atoms with E-state index in [1.165, 1.54) is 6.92 Å². The number of carbonyl (C=O) groups excluding carboxylic acids is 2. The van der Waals surface area contributed by atoms with E-state index in [0.717, 1.165) is 37.9 Å². The lowest BCUT2D eigenvalue weighted by Crippen LogP contribution is -2.26.